The third-order valence-electron chi connectivity index (χ3n) is 2.97. The molecule has 0 atom stereocenters. The Morgan fingerprint density at radius 3 is 2.75 bits per heavy atom. The number of likely N-dealkylation sites (N-methyl/N-ethyl adjacent to an activating group) is 1. The summed E-state index contributed by atoms with van der Waals surface area (Å²) in [5, 5.41) is 10.5. The van der Waals surface area contributed by atoms with Gasteiger partial charge in [-0.05, 0) is 24.6 Å². The first kappa shape index (κ1) is 16.3. The number of aryl methyl sites for hydroxylation is 1. The lowest BCUT2D eigenvalue weighted by Gasteiger charge is -2.25. The monoisotopic (exact) mass is 295 g/mol. The van der Waals surface area contributed by atoms with E-state index in [1.165, 1.54) is 7.11 Å². The molecule has 0 radical (unpaired) electrons. The molecule has 5 nitrogen and oxygen atoms in total. The Kier molecular flexibility index (Phi) is 6.29. The molecule has 1 aromatic carbocycles. The van der Waals surface area contributed by atoms with Gasteiger partial charge in [-0.3, -0.25) is 9.63 Å². The Morgan fingerprint density at radius 2 is 2.20 bits per heavy atom. The van der Waals surface area contributed by atoms with E-state index in [-0.39, 0.29) is 12.5 Å². The van der Waals surface area contributed by atoms with Crippen molar-refractivity contribution in [1.82, 2.24) is 5.06 Å². The molecule has 1 rings (SSSR count). The van der Waals surface area contributed by atoms with Crippen LogP contribution in [0.15, 0.2) is 18.2 Å². The lowest BCUT2D eigenvalue weighted by atomic mass is 10.2. The summed E-state index contributed by atoms with van der Waals surface area (Å²) < 4.78 is 0. The molecule has 6 heteroatoms. The maximum absolute atomic E-state index is 11.9. The van der Waals surface area contributed by atoms with Crippen LogP contribution in [0.4, 0.5) is 5.69 Å². The van der Waals surface area contributed by atoms with Gasteiger partial charge in [0.15, 0.2) is 0 Å². The fourth-order valence-electron chi connectivity index (χ4n) is 1.63. The van der Waals surface area contributed by atoms with Gasteiger partial charge in [-0.15, -0.1) is 0 Å². The predicted molar refractivity (Wildman–Crippen MR) is 78.4 cm³/mol. The van der Waals surface area contributed by atoms with Crippen LogP contribution in [0.3, 0.4) is 0 Å². The number of hydrogen-bond donors (Lipinski definition) is 0. The average Bonchev–Trinajstić information content (AvgIpc) is 2.45. The molecule has 0 saturated heterocycles. The summed E-state index contributed by atoms with van der Waals surface area (Å²) in [7, 11) is 2.98. The van der Waals surface area contributed by atoms with Gasteiger partial charge in [0.1, 0.15) is 0 Å². The Balaban J connectivity index is 2.91. The Bertz CT molecular complexity index is 514. The van der Waals surface area contributed by atoms with E-state index in [0.717, 1.165) is 16.3 Å². The number of carbonyl (C=O) groups excluding carboxylic acids is 1. The molecule has 1 amide bonds. The number of benzene rings is 1. The van der Waals surface area contributed by atoms with Crippen molar-refractivity contribution in [2.45, 2.75) is 13.3 Å². The third kappa shape index (κ3) is 4.41. The molecule has 0 aromatic heterocycles. The first-order chi connectivity index (χ1) is 9.49. The van der Waals surface area contributed by atoms with Crippen LogP contribution >= 0.6 is 11.6 Å². The van der Waals surface area contributed by atoms with Crippen LogP contribution in [0, 0.1) is 18.3 Å². The van der Waals surface area contributed by atoms with Crippen LogP contribution < -0.4 is 4.90 Å². The lowest BCUT2D eigenvalue weighted by Crippen LogP contribution is -2.38. The van der Waals surface area contributed by atoms with Gasteiger partial charge in [-0.25, -0.2) is 5.06 Å². The standard InChI is InChI=1S/C14H18ClN3O2/c1-11-5-6-12(9-13(11)15)18(8-4-7-16)10-14(19)17(2)20-3/h5-6,9H,4,8,10H2,1-3H3. The third-order valence-corrected chi connectivity index (χ3v) is 3.37. The quantitative estimate of drug-likeness (QED) is 0.756. The minimum Gasteiger partial charge on any atom is -0.361 e. The molecule has 0 aliphatic rings. The molecule has 0 aliphatic heterocycles. The summed E-state index contributed by atoms with van der Waals surface area (Å²) in [6.07, 6.45) is 0.329. The Labute approximate surface area is 124 Å². The van der Waals surface area contributed by atoms with E-state index in [0.29, 0.717) is 18.0 Å². The molecule has 0 saturated carbocycles. The van der Waals surface area contributed by atoms with E-state index < -0.39 is 0 Å². The van der Waals surface area contributed by atoms with Crippen molar-refractivity contribution in [2.24, 2.45) is 0 Å². The highest BCUT2D eigenvalue weighted by molar-refractivity contribution is 6.31. The van der Waals surface area contributed by atoms with Crippen molar-refractivity contribution in [3.8, 4) is 6.07 Å². The van der Waals surface area contributed by atoms with Crippen LogP contribution in [-0.4, -0.2) is 38.2 Å². The van der Waals surface area contributed by atoms with Crippen molar-refractivity contribution in [2.75, 3.05) is 32.1 Å². The molecular formula is C14H18ClN3O2. The van der Waals surface area contributed by atoms with Crippen molar-refractivity contribution < 1.29 is 9.63 Å². The highest BCUT2D eigenvalue weighted by atomic mass is 35.5. The van der Waals surface area contributed by atoms with Gasteiger partial charge >= 0.3 is 0 Å². The fraction of sp³-hybridized carbons (Fsp3) is 0.429. The van der Waals surface area contributed by atoms with Gasteiger partial charge in [0.05, 0.1) is 26.1 Å². The molecule has 108 valence electrons. The fourth-order valence-corrected chi connectivity index (χ4v) is 1.80. The number of nitriles is 1. The number of hydroxylamine groups is 2. The van der Waals surface area contributed by atoms with Crippen LogP contribution in [0.1, 0.15) is 12.0 Å². The minimum atomic E-state index is -0.192. The number of anilines is 1. The number of rotatable bonds is 6. The topological polar surface area (TPSA) is 56.6 Å². The van der Waals surface area contributed by atoms with Crippen molar-refractivity contribution >= 4 is 23.2 Å². The van der Waals surface area contributed by atoms with Crippen LogP contribution in [0.2, 0.25) is 5.02 Å². The largest absolute Gasteiger partial charge is 0.361 e. The van der Waals surface area contributed by atoms with Crippen LogP contribution in [-0.2, 0) is 9.63 Å². The lowest BCUT2D eigenvalue weighted by molar-refractivity contribution is -0.166. The first-order valence-electron chi connectivity index (χ1n) is 6.18. The molecule has 0 aliphatic carbocycles. The number of nitrogens with zero attached hydrogens (tertiary/aromatic N) is 3. The van der Waals surface area contributed by atoms with Crippen LogP contribution in [0.25, 0.3) is 0 Å². The van der Waals surface area contributed by atoms with Crippen molar-refractivity contribution in [3.63, 3.8) is 0 Å². The van der Waals surface area contributed by atoms with Gasteiger partial charge in [0.25, 0.3) is 5.91 Å². The van der Waals surface area contributed by atoms with Gasteiger partial charge in [-0.1, -0.05) is 17.7 Å². The summed E-state index contributed by atoms with van der Waals surface area (Å²) >= 11 is 6.11. The van der Waals surface area contributed by atoms with Gasteiger partial charge in [0.2, 0.25) is 0 Å². The molecule has 20 heavy (non-hydrogen) atoms. The van der Waals surface area contributed by atoms with E-state index in [9.17, 15) is 4.79 Å². The Hall–Kier alpha value is -1.77. The zero-order valence-corrected chi connectivity index (χ0v) is 12.6. The number of hydrogen-bond acceptors (Lipinski definition) is 4. The molecule has 0 spiro atoms. The molecule has 0 unspecified atom stereocenters. The molecule has 1 aromatic rings. The highest BCUT2D eigenvalue weighted by Crippen LogP contribution is 2.23. The van der Waals surface area contributed by atoms with E-state index in [4.69, 9.17) is 21.7 Å². The first-order valence-corrected chi connectivity index (χ1v) is 6.56. The zero-order chi connectivity index (χ0) is 15.1. The van der Waals surface area contributed by atoms with E-state index in [1.807, 2.05) is 24.0 Å². The molecule has 0 N–H and O–H groups in total. The molecule has 0 bridgehead atoms. The second-order valence-corrected chi connectivity index (χ2v) is 4.74. The number of carbonyl (C=O) groups is 1. The average molecular weight is 296 g/mol. The second-order valence-electron chi connectivity index (χ2n) is 4.34. The highest BCUT2D eigenvalue weighted by Gasteiger charge is 2.15. The summed E-state index contributed by atoms with van der Waals surface area (Å²) in [4.78, 5) is 18.6. The van der Waals surface area contributed by atoms with E-state index in [2.05, 4.69) is 6.07 Å². The molecule has 0 heterocycles. The summed E-state index contributed by atoms with van der Waals surface area (Å²) in [6.45, 7) is 2.50. The summed E-state index contributed by atoms with van der Waals surface area (Å²) in [5.74, 6) is -0.192. The number of amides is 1. The maximum atomic E-state index is 11.9. The summed E-state index contributed by atoms with van der Waals surface area (Å²) in [6, 6.07) is 7.66. The van der Waals surface area contributed by atoms with Crippen molar-refractivity contribution in [3.05, 3.63) is 28.8 Å². The zero-order valence-electron chi connectivity index (χ0n) is 11.9. The maximum Gasteiger partial charge on any atom is 0.265 e. The number of halogens is 1. The molecular weight excluding hydrogens is 278 g/mol. The smallest absolute Gasteiger partial charge is 0.265 e. The SMILES string of the molecule is CON(C)C(=O)CN(CCC#N)c1ccc(C)c(Cl)c1. The minimum absolute atomic E-state index is 0.130. The predicted octanol–water partition coefficient (Wildman–Crippen LogP) is 2.39. The van der Waals surface area contributed by atoms with Gasteiger partial charge in [-0.2, -0.15) is 5.26 Å². The van der Waals surface area contributed by atoms with Gasteiger partial charge < -0.3 is 4.90 Å². The van der Waals surface area contributed by atoms with E-state index >= 15 is 0 Å². The molecule has 0 fully saturated rings. The van der Waals surface area contributed by atoms with Crippen molar-refractivity contribution in [1.29, 1.82) is 5.26 Å². The Morgan fingerprint density at radius 1 is 1.50 bits per heavy atom. The van der Waals surface area contributed by atoms with E-state index in [1.54, 1.807) is 13.1 Å². The normalized spacial score (nSPS) is 9.95. The van der Waals surface area contributed by atoms with Crippen LogP contribution in [0.5, 0.6) is 0 Å². The summed E-state index contributed by atoms with van der Waals surface area (Å²) in [5.41, 5.74) is 1.78. The van der Waals surface area contributed by atoms with Gasteiger partial charge in [0, 0.05) is 24.3 Å². The second kappa shape index (κ2) is 7.73.